The van der Waals surface area contributed by atoms with Crippen LogP contribution in [0.1, 0.15) is 25.1 Å². The van der Waals surface area contributed by atoms with E-state index < -0.39 is 0 Å². The summed E-state index contributed by atoms with van der Waals surface area (Å²) in [6.07, 6.45) is 0. The van der Waals surface area contributed by atoms with Crippen molar-refractivity contribution in [2.24, 2.45) is 5.92 Å². The number of amides is 1. The van der Waals surface area contributed by atoms with Crippen LogP contribution in [0.4, 0.5) is 0 Å². The molecule has 2 N–H and O–H groups in total. The maximum Gasteiger partial charge on any atom is 0.254 e. The minimum Gasteiger partial charge on any atom is -0.352 e. The summed E-state index contributed by atoms with van der Waals surface area (Å²) >= 11 is 5.93. The fraction of sp³-hybridized carbons (Fsp3) is 0.455. The Bertz CT molecular complexity index is 452. The molecule has 0 unspecified atom stereocenters. The smallest absolute Gasteiger partial charge is 0.254 e. The minimum atomic E-state index is -0.256. The highest BCUT2D eigenvalue weighted by molar-refractivity contribution is 6.31. The quantitative estimate of drug-likeness (QED) is 0.846. The van der Waals surface area contributed by atoms with Crippen molar-refractivity contribution in [1.82, 2.24) is 10.3 Å². The molecule has 0 saturated carbocycles. The molecule has 0 aliphatic heterocycles. The number of nitrogens with one attached hydrogen (secondary N) is 2. The van der Waals surface area contributed by atoms with Crippen molar-refractivity contribution in [3.8, 4) is 0 Å². The molecule has 0 fully saturated rings. The number of aromatic nitrogens is 1. The van der Waals surface area contributed by atoms with Crippen LogP contribution in [-0.2, 0) is 11.3 Å². The monoisotopic (exact) mass is 242 g/mol. The summed E-state index contributed by atoms with van der Waals surface area (Å²) in [6, 6.07) is 1.67. The molecule has 16 heavy (non-hydrogen) atoms. The van der Waals surface area contributed by atoms with Crippen LogP contribution in [0.5, 0.6) is 0 Å². The van der Waals surface area contributed by atoms with Gasteiger partial charge in [0.25, 0.3) is 5.56 Å². The van der Waals surface area contributed by atoms with Crippen LogP contribution in [0.2, 0.25) is 5.02 Å². The van der Waals surface area contributed by atoms with E-state index in [-0.39, 0.29) is 23.9 Å². The molecule has 4 nitrogen and oxygen atoms in total. The average molecular weight is 243 g/mol. The largest absolute Gasteiger partial charge is 0.352 e. The highest BCUT2D eigenvalue weighted by Crippen LogP contribution is 2.12. The molecule has 0 spiro atoms. The van der Waals surface area contributed by atoms with E-state index in [1.54, 1.807) is 26.8 Å². The number of carbonyl (C=O) groups is 1. The number of halogens is 1. The van der Waals surface area contributed by atoms with E-state index in [1.807, 2.05) is 0 Å². The van der Waals surface area contributed by atoms with E-state index in [4.69, 9.17) is 11.6 Å². The number of pyridine rings is 1. The zero-order chi connectivity index (χ0) is 12.3. The lowest BCUT2D eigenvalue weighted by Crippen LogP contribution is -2.30. The summed E-state index contributed by atoms with van der Waals surface area (Å²) < 4.78 is 0. The van der Waals surface area contributed by atoms with Gasteiger partial charge in [0, 0.05) is 18.2 Å². The lowest BCUT2D eigenvalue weighted by molar-refractivity contribution is -0.124. The average Bonchev–Trinajstić information content (AvgIpc) is 2.15. The van der Waals surface area contributed by atoms with Crippen molar-refractivity contribution in [1.29, 1.82) is 0 Å². The van der Waals surface area contributed by atoms with Crippen LogP contribution in [0, 0.1) is 12.8 Å². The molecular weight excluding hydrogens is 228 g/mol. The predicted molar refractivity (Wildman–Crippen MR) is 63.5 cm³/mol. The second kappa shape index (κ2) is 5.16. The zero-order valence-electron chi connectivity index (χ0n) is 9.56. The Labute approximate surface area is 99.0 Å². The van der Waals surface area contributed by atoms with Gasteiger partial charge < -0.3 is 10.3 Å². The number of aromatic amines is 1. The van der Waals surface area contributed by atoms with Crippen LogP contribution in [0.25, 0.3) is 0 Å². The molecule has 0 aromatic carbocycles. The van der Waals surface area contributed by atoms with Gasteiger partial charge in [0.2, 0.25) is 5.91 Å². The normalized spacial score (nSPS) is 10.6. The van der Waals surface area contributed by atoms with E-state index >= 15 is 0 Å². The molecule has 0 saturated heterocycles. The van der Waals surface area contributed by atoms with Crippen molar-refractivity contribution in [3.05, 3.63) is 32.7 Å². The number of carbonyl (C=O) groups excluding carboxylic acids is 1. The van der Waals surface area contributed by atoms with Gasteiger partial charge in [-0.05, 0) is 13.0 Å². The van der Waals surface area contributed by atoms with Gasteiger partial charge >= 0.3 is 0 Å². The summed E-state index contributed by atoms with van der Waals surface area (Å²) in [7, 11) is 0. The summed E-state index contributed by atoms with van der Waals surface area (Å²) in [5.74, 6) is -0.209. The van der Waals surface area contributed by atoms with Gasteiger partial charge in [0.05, 0.1) is 10.6 Å². The predicted octanol–water partition coefficient (Wildman–Crippen LogP) is 1.61. The Morgan fingerprint density at radius 1 is 1.56 bits per heavy atom. The number of H-pyrrole nitrogens is 1. The van der Waals surface area contributed by atoms with Crippen LogP contribution >= 0.6 is 11.6 Å². The Balaban J connectivity index is 2.83. The van der Waals surface area contributed by atoms with Crippen molar-refractivity contribution in [2.45, 2.75) is 27.3 Å². The van der Waals surface area contributed by atoms with Crippen LogP contribution in [0.15, 0.2) is 10.9 Å². The highest BCUT2D eigenvalue weighted by Gasteiger charge is 2.10. The van der Waals surface area contributed by atoms with Crippen molar-refractivity contribution in [2.75, 3.05) is 0 Å². The third-order valence-electron chi connectivity index (χ3n) is 2.18. The molecule has 0 bridgehead atoms. The second-order valence-corrected chi connectivity index (χ2v) is 4.39. The summed E-state index contributed by atoms with van der Waals surface area (Å²) in [6.45, 7) is 5.49. The first kappa shape index (κ1) is 12.8. The van der Waals surface area contributed by atoms with E-state index in [1.165, 1.54) is 0 Å². The van der Waals surface area contributed by atoms with Gasteiger partial charge in [-0.3, -0.25) is 9.59 Å². The third-order valence-corrected chi connectivity index (χ3v) is 2.52. The van der Waals surface area contributed by atoms with Crippen LogP contribution < -0.4 is 10.9 Å². The molecule has 1 rings (SSSR count). The van der Waals surface area contributed by atoms with Gasteiger partial charge in [0.15, 0.2) is 0 Å². The SMILES string of the molecule is Cc1cc(Cl)c(CNC(=O)C(C)C)c(=O)[nH]1. The van der Waals surface area contributed by atoms with Crippen LogP contribution in [0.3, 0.4) is 0 Å². The lowest BCUT2D eigenvalue weighted by Gasteiger charge is -2.08. The molecule has 5 heteroatoms. The van der Waals surface area contributed by atoms with E-state index in [9.17, 15) is 9.59 Å². The van der Waals surface area contributed by atoms with Crippen molar-refractivity contribution >= 4 is 17.5 Å². The Morgan fingerprint density at radius 3 is 2.69 bits per heavy atom. The number of aryl methyl sites for hydroxylation is 1. The van der Waals surface area contributed by atoms with Crippen molar-refractivity contribution in [3.63, 3.8) is 0 Å². The Hall–Kier alpha value is -1.29. The third kappa shape index (κ3) is 3.10. The molecule has 1 amide bonds. The first-order chi connectivity index (χ1) is 7.41. The molecule has 88 valence electrons. The standard InChI is InChI=1S/C11H15ClN2O2/c1-6(2)10(15)13-5-8-9(12)4-7(3)14-11(8)16/h4,6H,5H2,1-3H3,(H,13,15)(H,14,16). The maximum atomic E-state index is 11.6. The maximum absolute atomic E-state index is 11.6. The topological polar surface area (TPSA) is 62.0 Å². The van der Waals surface area contributed by atoms with Gasteiger partial charge in [-0.2, -0.15) is 0 Å². The number of rotatable bonds is 3. The fourth-order valence-corrected chi connectivity index (χ4v) is 1.54. The van der Waals surface area contributed by atoms with Gasteiger partial charge in [-0.15, -0.1) is 0 Å². The number of hydrogen-bond donors (Lipinski definition) is 2. The molecule has 0 radical (unpaired) electrons. The van der Waals surface area contributed by atoms with Gasteiger partial charge in [0.1, 0.15) is 0 Å². The Morgan fingerprint density at radius 2 is 2.19 bits per heavy atom. The van der Waals surface area contributed by atoms with Crippen molar-refractivity contribution < 1.29 is 4.79 Å². The summed E-state index contributed by atoms with van der Waals surface area (Å²) in [5, 5.41) is 3.04. The second-order valence-electron chi connectivity index (χ2n) is 3.98. The molecular formula is C11H15ClN2O2. The van der Waals surface area contributed by atoms with Gasteiger partial charge in [-0.1, -0.05) is 25.4 Å². The highest BCUT2D eigenvalue weighted by atomic mass is 35.5. The zero-order valence-corrected chi connectivity index (χ0v) is 10.3. The summed E-state index contributed by atoms with van der Waals surface area (Å²) in [4.78, 5) is 25.5. The molecule has 0 atom stereocenters. The van der Waals surface area contributed by atoms with Crippen LogP contribution in [-0.4, -0.2) is 10.9 Å². The Kier molecular flexibility index (Phi) is 4.12. The van der Waals surface area contributed by atoms with E-state index in [2.05, 4.69) is 10.3 Å². The summed E-state index contributed by atoms with van der Waals surface area (Å²) in [5.41, 5.74) is 0.837. The lowest BCUT2D eigenvalue weighted by atomic mass is 10.2. The molecule has 1 aromatic rings. The molecule has 0 aliphatic rings. The first-order valence-electron chi connectivity index (χ1n) is 5.08. The molecule has 0 aliphatic carbocycles. The van der Waals surface area contributed by atoms with E-state index in [0.29, 0.717) is 16.3 Å². The molecule has 1 aromatic heterocycles. The minimum absolute atomic E-state index is 0.101. The molecule has 1 heterocycles. The first-order valence-corrected chi connectivity index (χ1v) is 5.45. The number of hydrogen-bond acceptors (Lipinski definition) is 2. The fourth-order valence-electron chi connectivity index (χ4n) is 1.22. The van der Waals surface area contributed by atoms with E-state index in [0.717, 1.165) is 0 Å². The van der Waals surface area contributed by atoms with Gasteiger partial charge in [-0.25, -0.2) is 0 Å².